The lowest BCUT2D eigenvalue weighted by Gasteiger charge is -2.28. The second-order valence-electron chi connectivity index (χ2n) is 9.90. The van der Waals surface area contributed by atoms with E-state index in [9.17, 15) is 14.4 Å². The lowest BCUT2D eigenvalue weighted by Crippen LogP contribution is -2.38. The van der Waals surface area contributed by atoms with Crippen molar-refractivity contribution in [2.24, 2.45) is 0 Å². The summed E-state index contributed by atoms with van der Waals surface area (Å²) in [5.74, 6) is -0.675. The fourth-order valence-electron chi connectivity index (χ4n) is 4.57. The minimum absolute atomic E-state index is 0.00837. The quantitative estimate of drug-likeness (QED) is 0.298. The molecule has 1 aliphatic rings. The van der Waals surface area contributed by atoms with Gasteiger partial charge in [-0.3, -0.25) is 9.59 Å². The molecule has 0 spiro atoms. The number of fused-ring (bicyclic) bond motifs is 1. The molecule has 0 fully saturated rings. The molecule has 202 valence electrons. The SMILES string of the molecule is COC(=O)c1ccc2c(c1)NC(=O)/C2=C(\Nc1ccc(N(C(=O)CCN(C)C)C(C)C)cc1)c1ccccc1. The molecule has 1 heterocycles. The molecule has 0 atom stereocenters. The van der Waals surface area contributed by atoms with Gasteiger partial charge in [0, 0.05) is 35.9 Å². The van der Waals surface area contributed by atoms with Crippen molar-refractivity contribution in [3.05, 3.63) is 89.5 Å². The number of amides is 2. The van der Waals surface area contributed by atoms with Crippen LogP contribution in [0.4, 0.5) is 17.1 Å². The van der Waals surface area contributed by atoms with E-state index in [-0.39, 0.29) is 17.9 Å². The Kier molecular flexibility index (Phi) is 8.46. The smallest absolute Gasteiger partial charge is 0.337 e. The van der Waals surface area contributed by atoms with Crippen LogP contribution in [0.3, 0.4) is 0 Å². The summed E-state index contributed by atoms with van der Waals surface area (Å²) in [4.78, 5) is 42.0. The first-order valence-corrected chi connectivity index (χ1v) is 12.9. The zero-order valence-corrected chi connectivity index (χ0v) is 22.9. The summed E-state index contributed by atoms with van der Waals surface area (Å²) in [7, 11) is 5.23. The topological polar surface area (TPSA) is 91.0 Å². The maximum absolute atomic E-state index is 13.2. The predicted molar refractivity (Wildman–Crippen MR) is 156 cm³/mol. The van der Waals surface area contributed by atoms with Gasteiger partial charge in [0.15, 0.2) is 0 Å². The van der Waals surface area contributed by atoms with Crippen molar-refractivity contribution in [2.75, 3.05) is 43.3 Å². The van der Waals surface area contributed by atoms with Crippen LogP contribution < -0.4 is 15.5 Å². The van der Waals surface area contributed by atoms with Gasteiger partial charge in [0.2, 0.25) is 5.91 Å². The van der Waals surface area contributed by atoms with Crippen LogP contribution in [0.1, 0.15) is 41.8 Å². The fraction of sp³-hybridized carbons (Fsp3) is 0.258. The lowest BCUT2D eigenvalue weighted by atomic mass is 9.99. The molecule has 39 heavy (non-hydrogen) atoms. The zero-order valence-electron chi connectivity index (χ0n) is 22.9. The maximum Gasteiger partial charge on any atom is 0.337 e. The number of rotatable bonds is 9. The second kappa shape index (κ2) is 12.0. The Bertz CT molecular complexity index is 1400. The van der Waals surface area contributed by atoms with Crippen molar-refractivity contribution in [3.63, 3.8) is 0 Å². The van der Waals surface area contributed by atoms with E-state index in [1.807, 2.05) is 92.3 Å². The first-order chi connectivity index (χ1) is 18.7. The number of carbonyl (C=O) groups excluding carboxylic acids is 3. The van der Waals surface area contributed by atoms with E-state index >= 15 is 0 Å². The standard InChI is InChI=1S/C31H34N4O4/c1-20(2)35(27(36)17-18-34(3)4)24-14-12-23(13-15-24)32-29(21-9-7-6-8-10-21)28-25-16-11-22(31(38)39-5)19-26(25)33-30(28)37/h6-16,19-20,32H,17-18H2,1-5H3,(H,33,37)/b29-28-. The molecule has 0 saturated heterocycles. The van der Waals surface area contributed by atoms with E-state index in [1.54, 1.807) is 18.2 Å². The molecule has 2 N–H and O–H groups in total. The number of anilines is 3. The number of benzene rings is 3. The largest absolute Gasteiger partial charge is 0.465 e. The highest BCUT2D eigenvalue weighted by Gasteiger charge is 2.29. The highest BCUT2D eigenvalue weighted by Crippen LogP contribution is 2.38. The summed E-state index contributed by atoms with van der Waals surface area (Å²) in [5.41, 5.74) is 5.11. The molecule has 0 bridgehead atoms. The van der Waals surface area contributed by atoms with Crippen LogP contribution in [-0.4, -0.2) is 56.5 Å². The molecule has 0 saturated carbocycles. The Morgan fingerprint density at radius 3 is 2.26 bits per heavy atom. The summed E-state index contributed by atoms with van der Waals surface area (Å²) in [6, 6.07) is 22.3. The van der Waals surface area contributed by atoms with Crippen LogP contribution >= 0.6 is 0 Å². The third-order valence-electron chi connectivity index (χ3n) is 6.47. The molecular weight excluding hydrogens is 492 g/mol. The Morgan fingerprint density at radius 2 is 1.64 bits per heavy atom. The number of carbonyl (C=O) groups is 3. The average Bonchev–Trinajstić information content (AvgIpc) is 3.25. The third-order valence-corrected chi connectivity index (χ3v) is 6.47. The highest BCUT2D eigenvalue weighted by atomic mass is 16.5. The predicted octanol–water partition coefficient (Wildman–Crippen LogP) is 5.10. The van der Waals surface area contributed by atoms with Crippen molar-refractivity contribution in [2.45, 2.75) is 26.3 Å². The van der Waals surface area contributed by atoms with Gasteiger partial charge >= 0.3 is 5.97 Å². The van der Waals surface area contributed by atoms with E-state index in [4.69, 9.17) is 4.74 Å². The minimum Gasteiger partial charge on any atom is -0.465 e. The monoisotopic (exact) mass is 526 g/mol. The molecule has 3 aromatic rings. The molecule has 0 aliphatic carbocycles. The number of hydrogen-bond acceptors (Lipinski definition) is 6. The van der Waals surface area contributed by atoms with Gasteiger partial charge in [-0.15, -0.1) is 0 Å². The van der Waals surface area contributed by atoms with Gasteiger partial charge in [0.1, 0.15) is 0 Å². The van der Waals surface area contributed by atoms with Gasteiger partial charge in [0.05, 0.1) is 29.6 Å². The van der Waals surface area contributed by atoms with Gasteiger partial charge in [-0.2, -0.15) is 0 Å². The Balaban J connectivity index is 1.70. The first-order valence-electron chi connectivity index (χ1n) is 12.9. The molecule has 4 rings (SSSR count). The Morgan fingerprint density at radius 1 is 0.949 bits per heavy atom. The van der Waals surface area contributed by atoms with Gasteiger partial charge in [0.25, 0.3) is 5.91 Å². The number of methoxy groups -OCH3 is 1. The molecule has 1 aliphatic heterocycles. The number of nitrogens with one attached hydrogen (secondary N) is 2. The van der Waals surface area contributed by atoms with Crippen molar-refractivity contribution in [3.8, 4) is 0 Å². The Hall–Kier alpha value is -4.43. The van der Waals surface area contributed by atoms with E-state index in [0.717, 1.165) is 16.9 Å². The number of esters is 1. The molecule has 0 unspecified atom stereocenters. The first kappa shape index (κ1) is 27.6. The summed E-state index contributed by atoms with van der Waals surface area (Å²) < 4.78 is 4.82. The lowest BCUT2D eigenvalue weighted by molar-refractivity contribution is -0.119. The van der Waals surface area contributed by atoms with E-state index in [0.29, 0.717) is 41.1 Å². The van der Waals surface area contributed by atoms with E-state index in [1.165, 1.54) is 7.11 Å². The maximum atomic E-state index is 13.2. The summed E-state index contributed by atoms with van der Waals surface area (Å²) in [5, 5.41) is 6.32. The van der Waals surface area contributed by atoms with Gasteiger partial charge < -0.3 is 25.2 Å². The number of hydrogen-bond donors (Lipinski definition) is 2. The summed E-state index contributed by atoms with van der Waals surface area (Å²) >= 11 is 0. The van der Waals surface area contributed by atoms with Crippen LogP contribution in [0.25, 0.3) is 11.3 Å². The van der Waals surface area contributed by atoms with Crippen molar-refractivity contribution in [1.29, 1.82) is 0 Å². The number of ether oxygens (including phenoxy) is 1. The van der Waals surface area contributed by atoms with Gasteiger partial charge in [-0.1, -0.05) is 36.4 Å². The van der Waals surface area contributed by atoms with Gasteiger partial charge in [-0.25, -0.2) is 4.79 Å². The van der Waals surface area contributed by atoms with Crippen LogP contribution in [0.15, 0.2) is 72.8 Å². The van der Waals surface area contributed by atoms with Gasteiger partial charge in [-0.05, 0) is 69.9 Å². The van der Waals surface area contributed by atoms with E-state index < -0.39 is 5.97 Å². The molecule has 2 amide bonds. The molecule has 8 nitrogen and oxygen atoms in total. The van der Waals surface area contributed by atoms with E-state index in [2.05, 4.69) is 10.6 Å². The molecule has 3 aromatic carbocycles. The van der Waals surface area contributed by atoms with Crippen molar-refractivity contribution >= 4 is 46.1 Å². The van der Waals surface area contributed by atoms with Crippen LogP contribution in [-0.2, 0) is 14.3 Å². The molecule has 8 heteroatoms. The molecular formula is C31H34N4O4. The van der Waals surface area contributed by atoms with Crippen molar-refractivity contribution < 1.29 is 19.1 Å². The molecule has 0 aromatic heterocycles. The normalized spacial score (nSPS) is 13.7. The second-order valence-corrected chi connectivity index (χ2v) is 9.90. The van der Waals surface area contributed by atoms with Crippen molar-refractivity contribution in [1.82, 2.24) is 4.90 Å². The summed E-state index contributed by atoms with van der Waals surface area (Å²) in [6.45, 7) is 4.68. The Labute approximate surface area is 229 Å². The summed E-state index contributed by atoms with van der Waals surface area (Å²) in [6.07, 6.45) is 0.432. The number of nitrogens with zero attached hydrogens (tertiary/aromatic N) is 2. The minimum atomic E-state index is -0.471. The highest BCUT2D eigenvalue weighted by molar-refractivity contribution is 6.37. The third kappa shape index (κ3) is 6.18. The zero-order chi connectivity index (χ0) is 28.1. The molecule has 0 radical (unpaired) electrons. The fourth-order valence-corrected chi connectivity index (χ4v) is 4.57. The van der Waals surface area contributed by atoms with Crippen LogP contribution in [0.5, 0.6) is 0 Å². The van der Waals surface area contributed by atoms with Crippen LogP contribution in [0, 0.1) is 0 Å². The van der Waals surface area contributed by atoms with Crippen LogP contribution in [0.2, 0.25) is 0 Å². The average molecular weight is 527 g/mol.